The van der Waals surface area contributed by atoms with Gasteiger partial charge in [-0.25, -0.2) is 12.6 Å². The number of amidine groups is 1. The predicted molar refractivity (Wildman–Crippen MR) is 135 cm³/mol. The highest BCUT2D eigenvalue weighted by Gasteiger charge is 2.47. The van der Waals surface area contributed by atoms with Gasteiger partial charge in [-0.1, -0.05) is 18.2 Å². The minimum Gasteiger partial charge on any atom is -0.406 e. The van der Waals surface area contributed by atoms with Gasteiger partial charge >= 0.3 is 6.36 Å². The number of benzene rings is 2. The monoisotopic (exact) mass is 572 g/mol. The third kappa shape index (κ3) is 6.40. The third-order valence-electron chi connectivity index (χ3n) is 6.13. The molecule has 38 heavy (non-hydrogen) atoms. The van der Waals surface area contributed by atoms with Crippen LogP contribution in [0.4, 0.5) is 18.9 Å². The normalized spacial score (nSPS) is 18.9. The van der Waals surface area contributed by atoms with Crippen molar-refractivity contribution >= 4 is 44.8 Å². The van der Waals surface area contributed by atoms with Crippen LogP contribution in [-0.4, -0.2) is 58.2 Å². The first-order chi connectivity index (χ1) is 17.8. The highest BCUT2D eigenvalue weighted by Crippen LogP contribution is 2.33. The Balaban J connectivity index is 1.45. The fourth-order valence-electron chi connectivity index (χ4n) is 4.22. The number of carbonyl (C=O) groups excluding carboxylic acids is 1. The molecule has 1 fully saturated rings. The summed E-state index contributed by atoms with van der Waals surface area (Å²) in [6.07, 6.45) is -3.27. The molecule has 1 saturated heterocycles. The largest absolute Gasteiger partial charge is 0.573 e. The number of alkyl halides is 3. The zero-order chi connectivity index (χ0) is 27.7. The van der Waals surface area contributed by atoms with E-state index in [0.717, 1.165) is 17.5 Å². The van der Waals surface area contributed by atoms with E-state index >= 15 is 0 Å². The Bertz CT molecular complexity index is 1430. The lowest BCUT2D eigenvalue weighted by molar-refractivity contribution is -0.274. The molecule has 15 heteroatoms. The van der Waals surface area contributed by atoms with E-state index in [2.05, 4.69) is 19.8 Å². The van der Waals surface area contributed by atoms with Crippen LogP contribution in [0.15, 0.2) is 52.9 Å². The Morgan fingerprint density at radius 1 is 1.21 bits per heavy atom. The average Bonchev–Trinajstić information content (AvgIpc) is 3.13. The summed E-state index contributed by atoms with van der Waals surface area (Å²) in [5, 5.41) is 3.65. The molecule has 0 saturated carbocycles. The number of halogens is 3. The SMILES string of the molecule is Cc1cc(NS(=O)O)ccc1/C=C/S(=O)(=O)N1CCC2(CC1)N=C(c1cccc(OC(F)(F)F)c1)NC2=O. The van der Waals surface area contributed by atoms with Crippen molar-refractivity contribution in [3.63, 3.8) is 0 Å². The molecule has 4 rings (SSSR count). The topological polar surface area (TPSA) is 137 Å². The predicted octanol–water partition coefficient (Wildman–Crippen LogP) is 3.15. The maximum Gasteiger partial charge on any atom is 0.573 e. The van der Waals surface area contributed by atoms with Crippen LogP contribution in [0.25, 0.3) is 6.08 Å². The number of rotatable bonds is 7. The molecule has 0 radical (unpaired) electrons. The summed E-state index contributed by atoms with van der Waals surface area (Å²) >= 11 is -2.23. The standard InChI is InChI=1S/C23H23F3N4O6S2/c1-15-13-18(29-37(32)33)6-5-16(15)7-12-38(34,35)30-10-8-22(9-11-30)21(31)27-20(28-22)17-3-2-4-19(14-17)36-23(24,25)26/h2-7,12-14,29H,8-11H2,1H3,(H,32,33)(H,27,28,31)/b12-7+. The first kappa shape index (κ1) is 27.8. The number of hydrogen-bond donors (Lipinski definition) is 3. The van der Waals surface area contributed by atoms with Gasteiger partial charge in [-0.15, -0.1) is 13.2 Å². The lowest BCUT2D eigenvalue weighted by Gasteiger charge is -2.34. The van der Waals surface area contributed by atoms with Crippen LogP contribution in [-0.2, 0) is 26.1 Å². The van der Waals surface area contributed by atoms with Crippen LogP contribution in [0.1, 0.15) is 29.5 Å². The lowest BCUT2D eigenvalue weighted by atomic mass is 9.89. The number of hydrogen-bond acceptors (Lipinski definition) is 6. The maximum atomic E-state index is 12.9. The third-order valence-corrected chi connectivity index (χ3v) is 8.10. The van der Waals surface area contributed by atoms with Gasteiger partial charge < -0.3 is 10.1 Å². The summed E-state index contributed by atoms with van der Waals surface area (Å²) in [5.41, 5.74) is 0.685. The molecule has 2 aromatic rings. The van der Waals surface area contributed by atoms with Crippen molar-refractivity contribution in [2.24, 2.45) is 4.99 Å². The second-order valence-corrected chi connectivity index (χ2v) is 11.2. The van der Waals surface area contributed by atoms with Gasteiger partial charge in [0.15, 0.2) is 0 Å². The number of anilines is 1. The first-order valence-electron chi connectivity index (χ1n) is 11.2. The number of piperidine rings is 1. The minimum absolute atomic E-state index is 0.0122. The molecule has 0 aliphatic carbocycles. The highest BCUT2D eigenvalue weighted by molar-refractivity contribution is 7.92. The molecule has 3 N–H and O–H groups in total. The molecular weight excluding hydrogens is 549 g/mol. The van der Waals surface area contributed by atoms with Crippen molar-refractivity contribution in [1.29, 1.82) is 0 Å². The molecule has 0 bridgehead atoms. The van der Waals surface area contributed by atoms with Gasteiger partial charge in [0, 0.05) is 29.7 Å². The van der Waals surface area contributed by atoms with Gasteiger partial charge in [-0.2, -0.15) is 4.31 Å². The number of sulfonamides is 1. The quantitative estimate of drug-likeness (QED) is 0.436. The fraction of sp³-hybridized carbons (Fsp3) is 0.304. The Kier molecular flexibility index (Phi) is 7.65. The Morgan fingerprint density at radius 2 is 1.92 bits per heavy atom. The molecule has 1 unspecified atom stereocenters. The Hall–Kier alpha value is -3.27. The van der Waals surface area contributed by atoms with E-state index in [0.29, 0.717) is 16.8 Å². The molecule has 2 heterocycles. The zero-order valence-corrected chi connectivity index (χ0v) is 21.5. The summed E-state index contributed by atoms with van der Waals surface area (Å²) in [6.45, 7) is 1.75. The maximum absolute atomic E-state index is 12.9. The molecular formula is C23H23F3N4O6S2. The number of nitrogens with zero attached hydrogens (tertiary/aromatic N) is 2. The fourth-order valence-corrected chi connectivity index (χ4v) is 5.73. The Morgan fingerprint density at radius 3 is 2.55 bits per heavy atom. The molecule has 10 nitrogen and oxygen atoms in total. The number of aliphatic imine (C=N–C) groups is 1. The molecule has 1 spiro atoms. The second kappa shape index (κ2) is 10.5. The van der Waals surface area contributed by atoms with Crippen LogP contribution in [0, 0.1) is 6.92 Å². The second-order valence-electron chi connectivity index (χ2n) is 8.69. The van der Waals surface area contributed by atoms with E-state index < -0.39 is 44.8 Å². The van der Waals surface area contributed by atoms with E-state index in [1.807, 2.05) is 0 Å². The molecule has 2 aliphatic rings. The number of ether oxygens (including phenoxy) is 1. The van der Waals surface area contributed by atoms with Crippen molar-refractivity contribution in [1.82, 2.24) is 9.62 Å². The number of aryl methyl sites for hydroxylation is 1. The van der Waals surface area contributed by atoms with Crippen molar-refractivity contribution < 1.29 is 39.9 Å². The van der Waals surface area contributed by atoms with Crippen LogP contribution in [0.3, 0.4) is 0 Å². The molecule has 2 aliphatic heterocycles. The molecule has 204 valence electrons. The van der Waals surface area contributed by atoms with Crippen molar-refractivity contribution in [3.05, 3.63) is 64.6 Å². The summed E-state index contributed by atoms with van der Waals surface area (Å²) in [5.74, 6) is -0.808. The van der Waals surface area contributed by atoms with E-state index in [1.165, 1.54) is 28.6 Å². The molecule has 1 atom stereocenters. The highest BCUT2D eigenvalue weighted by atomic mass is 32.2. The number of carbonyl (C=O) groups is 1. The first-order valence-corrected chi connectivity index (χ1v) is 13.8. The molecule has 2 aromatic carbocycles. The van der Waals surface area contributed by atoms with Gasteiger partial charge in [-0.3, -0.25) is 19.1 Å². The van der Waals surface area contributed by atoms with Crippen LogP contribution >= 0.6 is 0 Å². The van der Waals surface area contributed by atoms with Gasteiger partial charge in [0.25, 0.3) is 17.2 Å². The van der Waals surface area contributed by atoms with Crippen molar-refractivity contribution in [3.8, 4) is 5.75 Å². The zero-order valence-electron chi connectivity index (χ0n) is 19.9. The van der Waals surface area contributed by atoms with E-state index in [9.17, 15) is 30.6 Å². The minimum atomic E-state index is -4.87. The average molecular weight is 573 g/mol. The summed E-state index contributed by atoms with van der Waals surface area (Å²) < 4.78 is 90.8. The van der Waals surface area contributed by atoms with Gasteiger partial charge in [0.2, 0.25) is 10.0 Å². The van der Waals surface area contributed by atoms with E-state index in [-0.39, 0.29) is 37.3 Å². The molecule has 1 amide bonds. The number of amides is 1. The van der Waals surface area contributed by atoms with Crippen LogP contribution < -0.4 is 14.8 Å². The number of nitrogens with one attached hydrogen (secondary N) is 2. The summed E-state index contributed by atoms with van der Waals surface area (Å²) in [7, 11) is -3.83. The smallest absolute Gasteiger partial charge is 0.406 e. The van der Waals surface area contributed by atoms with Gasteiger partial charge in [0.05, 0.1) is 0 Å². The van der Waals surface area contributed by atoms with Gasteiger partial charge in [0.1, 0.15) is 17.1 Å². The van der Waals surface area contributed by atoms with Crippen LogP contribution in [0.5, 0.6) is 5.75 Å². The van der Waals surface area contributed by atoms with Crippen molar-refractivity contribution in [2.45, 2.75) is 31.7 Å². The summed E-state index contributed by atoms with van der Waals surface area (Å²) in [6, 6.07) is 9.82. The van der Waals surface area contributed by atoms with E-state index in [4.69, 9.17) is 4.55 Å². The Labute approximate surface area is 219 Å². The molecule has 0 aromatic heterocycles. The summed E-state index contributed by atoms with van der Waals surface area (Å²) in [4.78, 5) is 17.2. The van der Waals surface area contributed by atoms with Crippen molar-refractivity contribution in [2.75, 3.05) is 17.8 Å². The van der Waals surface area contributed by atoms with Crippen LogP contribution in [0.2, 0.25) is 0 Å². The lowest BCUT2D eigenvalue weighted by Crippen LogP contribution is -2.50. The van der Waals surface area contributed by atoms with Gasteiger partial charge in [-0.05, 0) is 61.2 Å². The van der Waals surface area contributed by atoms with E-state index in [1.54, 1.807) is 19.1 Å².